The van der Waals surface area contributed by atoms with E-state index in [-0.39, 0.29) is 0 Å². The fraction of sp³-hybridized carbons (Fsp3) is 0. The predicted octanol–water partition coefficient (Wildman–Crippen LogP) is 1.60. The Morgan fingerprint density at radius 2 is 1.33 bits per heavy atom. The molecule has 0 heterocycles. The zero-order chi connectivity index (χ0) is 5.58. The van der Waals surface area contributed by atoms with Gasteiger partial charge in [-0.15, -0.1) is 0 Å². The molecule has 0 amide bonds. The van der Waals surface area contributed by atoms with Gasteiger partial charge < -0.3 is 10.2 Å². The van der Waals surface area contributed by atoms with Crippen molar-refractivity contribution in [3.63, 3.8) is 0 Å². The highest BCUT2D eigenvalue weighted by Gasteiger charge is 1.70. The quantitative estimate of drug-likeness (QED) is 0.527. The second kappa shape index (κ2) is 8.85. The van der Waals surface area contributed by atoms with Crippen molar-refractivity contribution in [2.24, 2.45) is 0 Å². The molecule has 2 N–H and O–H groups in total. The van der Waals surface area contributed by atoms with E-state index < -0.39 is 6.16 Å². The number of halogens is 2. The highest BCUT2D eigenvalue weighted by Crippen LogP contribution is 1.69. The SMILES string of the molecule is ClCl.O=C(O)O. The van der Waals surface area contributed by atoms with Crippen LogP contribution in [0.2, 0.25) is 0 Å². The van der Waals surface area contributed by atoms with Gasteiger partial charge in [0.05, 0.1) is 0 Å². The van der Waals surface area contributed by atoms with Gasteiger partial charge >= 0.3 is 6.16 Å². The van der Waals surface area contributed by atoms with Crippen molar-refractivity contribution in [2.75, 3.05) is 0 Å². The van der Waals surface area contributed by atoms with Crippen LogP contribution >= 0.6 is 21.7 Å². The van der Waals surface area contributed by atoms with E-state index >= 15 is 0 Å². The van der Waals surface area contributed by atoms with Crippen molar-refractivity contribution in [1.29, 1.82) is 0 Å². The molecule has 0 aliphatic heterocycles. The monoisotopic (exact) mass is 132 g/mol. The first-order valence-corrected chi connectivity index (χ1v) is 1.94. The molecule has 0 spiro atoms. The normalized spacial score (nSPS) is 5.00. The van der Waals surface area contributed by atoms with Crippen LogP contribution in [0.15, 0.2) is 0 Å². The molecule has 0 fully saturated rings. The summed E-state index contributed by atoms with van der Waals surface area (Å²) in [5.74, 6) is 0. The molecule has 0 aromatic rings. The van der Waals surface area contributed by atoms with E-state index in [1.54, 1.807) is 0 Å². The molecule has 0 aromatic carbocycles. The average molecular weight is 133 g/mol. The Balaban J connectivity index is 0. The van der Waals surface area contributed by atoms with Crippen LogP contribution in [-0.4, -0.2) is 16.4 Å². The van der Waals surface area contributed by atoms with Crippen LogP contribution in [0.3, 0.4) is 0 Å². The molecule has 0 atom stereocenters. The molecule has 0 saturated carbocycles. The summed E-state index contributed by atoms with van der Waals surface area (Å²) in [5.41, 5.74) is 0. The van der Waals surface area contributed by atoms with Crippen LogP contribution in [0.1, 0.15) is 0 Å². The van der Waals surface area contributed by atoms with Gasteiger partial charge in [-0.3, -0.25) is 0 Å². The van der Waals surface area contributed by atoms with Gasteiger partial charge in [0.1, 0.15) is 0 Å². The maximum atomic E-state index is 8.56. The standard InChI is InChI=1S/CH2O3.Cl2/c2-1(3)4;1-2/h(H2,2,3,4);. The first-order valence-electron chi connectivity index (χ1n) is 0.794. The smallest absolute Gasteiger partial charge is 0.450 e. The Morgan fingerprint density at radius 1 is 1.33 bits per heavy atom. The maximum Gasteiger partial charge on any atom is 0.503 e. The van der Waals surface area contributed by atoms with Crippen molar-refractivity contribution in [2.45, 2.75) is 0 Å². The second-order valence-electron chi connectivity index (χ2n) is 0.283. The van der Waals surface area contributed by atoms with E-state index in [2.05, 4.69) is 21.7 Å². The largest absolute Gasteiger partial charge is 0.503 e. The number of rotatable bonds is 0. The Morgan fingerprint density at radius 3 is 1.33 bits per heavy atom. The minimum atomic E-state index is -1.83. The molecule has 38 valence electrons. The molecule has 3 nitrogen and oxygen atoms in total. The van der Waals surface area contributed by atoms with E-state index in [1.807, 2.05) is 0 Å². The molecule has 0 saturated heterocycles. The fourth-order valence-electron chi connectivity index (χ4n) is 0. The molecular weight excluding hydrogens is 131 g/mol. The van der Waals surface area contributed by atoms with Gasteiger partial charge in [-0.2, -0.15) is 0 Å². The van der Waals surface area contributed by atoms with Gasteiger partial charge in [-0.25, -0.2) is 4.79 Å². The maximum absolute atomic E-state index is 8.56. The summed E-state index contributed by atoms with van der Waals surface area (Å²) in [4.78, 5) is 8.56. The molecule has 0 unspecified atom stereocenters. The summed E-state index contributed by atoms with van der Waals surface area (Å²) in [6.07, 6.45) is -1.83. The van der Waals surface area contributed by atoms with Crippen molar-refractivity contribution >= 4 is 27.9 Å². The summed E-state index contributed by atoms with van der Waals surface area (Å²) >= 11 is 0. The molecular formula is CH2Cl2O3. The zero-order valence-corrected chi connectivity index (χ0v) is 4.07. The molecule has 5 heteroatoms. The fourth-order valence-corrected chi connectivity index (χ4v) is 0. The summed E-state index contributed by atoms with van der Waals surface area (Å²) in [7, 11) is 8.22. The minimum absolute atomic E-state index is 1.83. The number of hydrogen-bond donors (Lipinski definition) is 2. The summed E-state index contributed by atoms with van der Waals surface area (Å²) in [6.45, 7) is 0. The predicted molar refractivity (Wildman–Crippen MR) is 22.4 cm³/mol. The van der Waals surface area contributed by atoms with Crippen LogP contribution in [0.5, 0.6) is 0 Å². The number of hydrogen-bond acceptors (Lipinski definition) is 1. The zero-order valence-electron chi connectivity index (χ0n) is 2.56. The van der Waals surface area contributed by atoms with E-state index in [0.29, 0.717) is 0 Å². The first-order chi connectivity index (χ1) is 2.73. The lowest BCUT2D eigenvalue weighted by atomic mass is 11.5. The Labute approximate surface area is 43.7 Å². The third-order valence-corrected chi connectivity index (χ3v) is 0. The molecule has 6 heavy (non-hydrogen) atoms. The summed E-state index contributed by atoms with van der Waals surface area (Å²) in [6, 6.07) is 0. The average Bonchev–Trinajstić information content (AvgIpc) is 1.41. The lowest BCUT2D eigenvalue weighted by Gasteiger charge is -1.60. The van der Waals surface area contributed by atoms with Gasteiger partial charge in [-0.05, 0) is 0 Å². The lowest BCUT2D eigenvalue weighted by Crippen LogP contribution is -1.81. The van der Waals surface area contributed by atoms with Crippen LogP contribution in [-0.2, 0) is 0 Å². The van der Waals surface area contributed by atoms with Gasteiger partial charge in [0, 0.05) is 21.7 Å². The molecule has 0 aromatic heterocycles. The van der Waals surface area contributed by atoms with E-state index in [1.165, 1.54) is 0 Å². The van der Waals surface area contributed by atoms with Crippen LogP contribution < -0.4 is 0 Å². The van der Waals surface area contributed by atoms with E-state index in [4.69, 9.17) is 15.0 Å². The number of carboxylic acid groups (broad SMARTS) is 2. The highest BCUT2D eigenvalue weighted by molar-refractivity contribution is 6.85. The molecule has 0 radical (unpaired) electrons. The van der Waals surface area contributed by atoms with Gasteiger partial charge in [0.25, 0.3) is 0 Å². The van der Waals surface area contributed by atoms with Gasteiger partial charge in [0.2, 0.25) is 0 Å². The molecule has 0 bridgehead atoms. The van der Waals surface area contributed by atoms with Crippen molar-refractivity contribution < 1.29 is 15.0 Å². The summed E-state index contributed by atoms with van der Waals surface area (Å²) < 4.78 is 0. The Bertz CT molecular complexity index is 31.8. The lowest BCUT2D eigenvalue weighted by molar-refractivity contribution is 0.137. The third kappa shape index (κ3) is 1390. The molecule has 0 aliphatic carbocycles. The molecule has 0 rings (SSSR count). The van der Waals surface area contributed by atoms with Crippen molar-refractivity contribution in [3.05, 3.63) is 0 Å². The van der Waals surface area contributed by atoms with Crippen molar-refractivity contribution in [3.8, 4) is 0 Å². The summed E-state index contributed by atoms with van der Waals surface area (Å²) in [5, 5.41) is 13.9. The Kier molecular flexibility index (Phi) is 13.7. The van der Waals surface area contributed by atoms with Crippen LogP contribution in [0.25, 0.3) is 0 Å². The van der Waals surface area contributed by atoms with Gasteiger partial charge in [0.15, 0.2) is 0 Å². The first kappa shape index (κ1) is 9.28. The van der Waals surface area contributed by atoms with E-state index in [0.717, 1.165) is 0 Å². The number of carbonyl (C=O) groups is 1. The van der Waals surface area contributed by atoms with Crippen LogP contribution in [0, 0.1) is 0 Å². The third-order valence-electron chi connectivity index (χ3n) is 0. The second-order valence-corrected chi connectivity index (χ2v) is 0.283. The highest BCUT2D eigenvalue weighted by atomic mass is 36.5. The Hall–Kier alpha value is -0.150. The van der Waals surface area contributed by atoms with Gasteiger partial charge in [-0.1, -0.05) is 0 Å². The minimum Gasteiger partial charge on any atom is -0.450 e. The van der Waals surface area contributed by atoms with Crippen molar-refractivity contribution in [1.82, 2.24) is 0 Å². The van der Waals surface area contributed by atoms with Crippen LogP contribution in [0.4, 0.5) is 4.79 Å². The topological polar surface area (TPSA) is 57.5 Å². The van der Waals surface area contributed by atoms with E-state index in [9.17, 15) is 0 Å². The molecule has 0 aliphatic rings.